The number of hydrogen-bond donors (Lipinski definition) is 1. The lowest BCUT2D eigenvalue weighted by Crippen LogP contribution is -2.48. The van der Waals surface area contributed by atoms with Crippen molar-refractivity contribution in [2.75, 3.05) is 29.9 Å². The first kappa shape index (κ1) is 12.3. The Morgan fingerprint density at radius 1 is 1.26 bits per heavy atom. The second-order valence-corrected chi connectivity index (χ2v) is 5.21. The van der Waals surface area contributed by atoms with Gasteiger partial charge in [0, 0.05) is 18.1 Å². The molecule has 19 heavy (non-hydrogen) atoms. The molecule has 100 valence electrons. The lowest BCUT2D eigenvalue weighted by molar-refractivity contribution is -0.115. The molecule has 1 aromatic rings. The van der Waals surface area contributed by atoms with Gasteiger partial charge in [0.05, 0.1) is 11.4 Å². The van der Waals surface area contributed by atoms with Gasteiger partial charge in [-0.05, 0) is 31.0 Å². The van der Waals surface area contributed by atoms with Crippen molar-refractivity contribution in [3.05, 3.63) is 23.2 Å². The van der Waals surface area contributed by atoms with E-state index in [1.54, 1.807) is 23.1 Å². The fourth-order valence-electron chi connectivity index (χ4n) is 2.50. The molecule has 0 unspecified atom stereocenters. The number of amides is 3. The first-order valence-corrected chi connectivity index (χ1v) is 6.69. The van der Waals surface area contributed by atoms with E-state index in [4.69, 9.17) is 11.6 Å². The van der Waals surface area contributed by atoms with E-state index < -0.39 is 0 Å². The second-order valence-electron chi connectivity index (χ2n) is 4.77. The normalized spacial score (nSPS) is 18.3. The summed E-state index contributed by atoms with van der Waals surface area (Å²) in [6.07, 6.45) is 2.04. The third-order valence-electron chi connectivity index (χ3n) is 3.43. The summed E-state index contributed by atoms with van der Waals surface area (Å²) < 4.78 is 0. The van der Waals surface area contributed by atoms with E-state index in [0.29, 0.717) is 16.4 Å². The third kappa shape index (κ3) is 2.26. The monoisotopic (exact) mass is 279 g/mol. The molecule has 1 N–H and O–H groups in total. The van der Waals surface area contributed by atoms with Crippen LogP contribution in [-0.2, 0) is 4.79 Å². The van der Waals surface area contributed by atoms with E-state index in [2.05, 4.69) is 5.32 Å². The molecule has 0 aliphatic carbocycles. The number of anilines is 2. The van der Waals surface area contributed by atoms with Gasteiger partial charge in [0.25, 0.3) is 0 Å². The molecule has 0 saturated carbocycles. The lowest BCUT2D eigenvalue weighted by atomic mass is 10.2. The molecule has 0 atom stereocenters. The predicted octanol–water partition coefficient (Wildman–Crippen LogP) is 2.31. The molecule has 2 aliphatic rings. The molecular formula is C13H14ClN3O2. The van der Waals surface area contributed by atoms with Crippen LogP contribution in [0.4, 0.5) is 16.2 Å². The van der Waals surface area contributed by atoms with Crippen molar-refractivity contribution in [1.29, 1.82) is 0 Å². The summed E-state index contributed by atoms with van der Waals surface area (Å²) in [5.74, 6) is -0.178. The summed E-state index contributed by atoms with van der Waals surface area (Å²) >= 11 is 5.98. The van der Waals surface area contributed by atoms with Crippen LogP contribution in [0.2, 0.25) is 5.02 Å². The van der Waals surface area contributed by atoms with Gasteiger partial charge < -0.3 is 10.2 Å². The standard InChI is InChI=1S/C13H14ClN3O2/c14-9-3-4-10-11(7-9)17(8-12(18)15-10)13(19)16-5-1-2-6-16/h3-4,7H,1-2,5-6,8H2,(H,15,18). The summed E-state index contributed by atoms with van der Waals surface area (Å²) in [4.78, 5) is 27.4. The molecule has 0 spiro atoms. The van der Waals surface area contributed by atoms with Crippen LogP contribution >= 0.6 is 11.6 Å². The van der Waals surface area contributed by atoms with Crippen LogP contribution in [0, 0.1) is 0 Å². The Bertz CT molecular complexity index is 541. The smallest absolute Gasteiger partial charge is 0.324 e. The molecule has 2 heterocycles. The molecule has 5 nitrogen and oxygen atoms in total. The van der Waals surface area contributed by atoms with Gasteiger partial charge in [-0.25, -0.2) is 4.79 Å². The zero-order chi connectivity index (χ0) is 13.4. The number of rotatable bonds is 0. The molecule has 3 rings (SSSR count). The van der Waals surface area contributed by atoms with Crippen LogP contribution in [0.25, 0.3) is 0 Å². The molecular weight excluding hydrogens is 266 g/mol. The van der Waals surface area contributed by atoms with Crippen LogP contribution in [0.5, 0.6) is 0 Å². The minimum atomic E-state index is -0.178. The fraction of sp³-hybridized carbons (Fsp3) is 0.385. The van der Waals surface area contributed by atoms with Gasteiger partial charge in [-0.2, -0.15) is 0 Å². The number of benzene rings is 1. The van der Waals surface area contributed by atoms with E-state index in [1.165, 1.54) is 4.90 Å². The van der Waals surface area contributed by atoms with Gasteiger partial charge in [-0.1, -0.05) is 11.6 Å². The average molecular weight is 280 g/mol. The molecule has 1 aromatic carbocycles. The highest BCUT2D eigenvalue weighted by molar-refractivity contribution is 6.31. The van der Waals surface area contributed by atoms with Gasteiger partial charge in [0.15, 0.2) is 0 Å². The summed E-state index contributed by atoms with van der Waals surface area (Å²) in [5, 5.41) is 3.30. The van der Waals surface area contributed by atoms with Gasteiger partial charge in [-0.3, -0.25) is 9.69 Å². The van der Waals surface area contributed by atoms with Crippen molar-refractivity contribution in [2.24, 2.45) is 0 Å². The van der Waals surface area contributed by atoms with Crippen molar-refractivity contribution in [1.82, 2.24) is 4.90 Å². The maximum Gasteiger partial charge on any atom is 0.325 e. The third-order valence-corrected chi connectivity index (χ3v) is 3.67. The van der Waals surface area contributed by atoms with E-state index in [0.717, 1.165) is 25.9 Å². The summed E-state index contributed by atoms with van der Waals surface area (Å²) in [6, 6.07) is 5.02. The summed E-state index contributed by atoms with van der Waals surface area (Å²) in [7, 11) is 0. The Morgan fingerprint density at radius 2 is 2.00 bits per heavy atom. The van der Waals surface area contributed by atoms with Crippen molar-refractivity contribution in [3.8, 4) is 0 Å². The molecule has 1 fully saturated rings. The van der Waals surface area contributed by atoms with Gasteiger partial charge in [-0.15, -0.1) is 0 Å². The highest BCUT2D eigenvalue weighted by Crippen LogP contribution is 2.33. The first-order valence-electron chi connectivity index (χ1n) is 6.31. The number of carbonyl (C=O) groups is 2. The van der Waals surface area contributed by atoms with E-state index in [9.17, 15) is 9.59 Å². The molecule has 0 bridgehead atoms. The summed E-state index contributed by atoms with van der Waals surface area (Å²) in [6.45, 7) is 1.56. The Balaban J connectivity index is 1.95. The molecule has 6 heteroatoms. The number of likely N-dealkylation sites (tertiary alicyclic amines) is 1. The van der Waals surface area contributed by atoms with E-state index >= 15 is 0 Å². The maximum atomic E-state index is 12.4. The van der Waals surface area contributed by atoms with E-state index in [1.807, 2.05) is 0 Å². The maximum absolute atomic E-state index is 12.4. The van der Waals surface area contributed by atoms with Crippen molar-refractivity contribution in [2.45, 2.75) is 12.8 Å². The number of hydrogen-bond acceptors (Lipinski definition) is 2. The number of carbonyl (C=O) groups excluding carboxylic acids is 2. The lowest BCUT2D eigenvalue weighted by Gasteiger charge is -2.32. The van der Waals surface area contributed by atoms with Crippen molar-refractivity contribution < 1.29 is 9.59 Å². The van der Waals surface area contributed by atoms with Crippen LogP contribution < -0.4 is 10.2 Å². The van der Waals surface area contributed by atoms with Gasteiger partial charge in [0.1, 0.15) is 6.54 Å². The van der Waals surface area contributed by atoms with Gasteiger partial charge in [0.2, 0.25) is 5.91 Å². The van der Waals surface area contributed by atoms with Crippen molar-refractivity contribution >= 4 is 34.9 Å². The molecule has 0 radical (unpaired) electrons. The van der Waals surface area contributed by atoms with Gasteiger partial charge >= 0.3 is 6.03 Å². The van der Waals surface area contributed by atoms with Crippen LogP contribution in [-0.4, -0.2) is 36.5 Å². The number of halogens is 1. The Labute approximate surface area is 116 Å². The zero-order valence-corrected chi connectivity index (χ0v) is 11.1. The number of nitrogens with one attached hydrogen (secondary N) is 1. The SMILES string of the molecule is O=C1CN(C(=O)N2CCCC2)c2cc(Cl)ccc2N1. The second kappa shape index (κ2) is 4.74. The number of nitrogens with zero attached hydrogens (tertiary/aromatic N) is 2. The Morgan fingerprint density at radius 3 is 2.74 bits per heavy atom. The highest BCUT2D eigenvalue weighted by Gasteiger charge is 2.31. The Kier molecular flexibility index (Phi) is 3.06. The predicted molar refractivity (Wildman–Crippen MR) is 73.6 cm³/mol. The zero-order valence-electron chi connectivity index (χ0n) is 10.4. The number of fused-ring (bicyclic) bond motifs is 1. The first-order chi connectivity index (χ1) is 9.15. The largest absolute Gasteiger partial charge is 0.325 e. The van der Waals surface area contributed by atoms with Crippen LogP contribution in [0.3, 0.4) is 0 Å². The minimum Gasteiger partial charge on any atom is -0.324 e. The highest BCUT2D eigenvalue weighted by atomic mass is 35.5. The average Bonchev–Trinajstić information content (AvgIpc) is 2.91. The van der Waals surface area contributed by atoms with Crippen molar-refractivity contribution in [3.63, 3.8) is 0 Å². The molecule has 2 aliphatic heterocycles. The summed E-state index contributed by atoms with van der Waals surface area (Å²) in [5.41, 5.74) is 1.30. The van der Waals surface area contributed by atoms with Crippen LogP contribution in [0.15, 0.2) is 18.2 Å². The van der Waals surface area contributed by atoms with Crippen LogP contribution in [0.1, 0.15) is 12.8 Å². The fourth-order valence-corrected chi connectivity index (χ4v) is 2.67. The molecule has 0 aromatic heterocycles. The quantitative estimate of drug-likeness (QED) is 0.792. The number of urea groups is 1. The Hall–Kier alpha value is -1.75. The molecule has 3 amide bonds. The molecule has 1 saturated heterocycles. The minimum absolute atomic E-state index is 0.0443. The van der Waals surface area contributed by atoms with E-state index in [-0.39, 0.29) is 18.5 Å². The topological polar surface area (TPSA) is 52.7 Å².